The number of aromatic nitrogens is 3. The summed E-state index contributed by atoms with van der Waals surface area (Å²) in [6.07, 6.45) is 0. The zero-order chi connectivity index (χ0) is 41.0. The van der Waals surface area contributed by atoms with Crippen LogP contribution in [0.2, 0.25) is 0 Å². The molecule has 0 spiro atoms. The van der Waals surface area contributed by atoms with E-state index < -0.39 is 0 Å². The maximum absolute atomic E-state index is 7.00. The predicted octanol–water partition coefficient (Wildman–Crippen LogP) is 15.3. The molecular formula is C57H35N3O2. The van der Waals surface area contributed by atoms with Crippen molar-refractivity contribution in [2.75, 3.05) is 0 Å². The Balaban J connectivity index is 1.10. The standard InChI is InChI=1S/C57H35N3O2/c1-6-18-36(19-7-1)41-32-47(38-22-10-3-11-23-38)53-49(34-41)43-28-16-30-45(51(43)61-53)56-58-55(40-26-14-5-15-27-40)59-57(60-56)46-31-17-29-44-50-35-42(37-20-8-2-9-21-37)33-48(54(50)62-52(44)46)39-24-12-4-13-25-39/h1-35H. The van der Waals surface area contributed by atoms with Gasteiger partial charge in [-0.15, -0.1) is 0 Å². The normalized spacial score (nSPS) is 11.5. The van der Waals surface area contributed by atoms with E-state index in [1.54, 1.807) is 0 Å². The molecule has 62 heavy (non-hydrogen) atoms. The first-order chi connectivity index (χ1) is 30.7. The lowest BCUT2D eigenvalue weighted by Gasteiger charge is -2.09. The summed E-state index contributed by atoms with van der Waals surface area (Å²) in [6.45, 7) is 0. The monoisotopic (exact) mass is 793 g/mol. The highest BCUT2D eigenvalue weighted by Crippen LogP contribution is 2.44. The van der Waals surface area contributed by atoms with Gasteiger partial charge >= 0.3 is 0 Å². The minimum absolute atomic E-state index is 0.507. The Morgan fingerprint density at radius 1 is 0.226 bits per heavy atom. The Hall–Kier alpha value is -8.41. The van der Waals surface area contributed by atoms with Crippen LogP contribution in [0.25, 0.3) is 123 Å². The van der Waals surface area contributed by atoms with Crippen molar-refractivity contribution in [3.63, 3.8) is 0 Å². The minimum atomic E-state index is 0.507. The van der Waals surface area contributed by atoms with Crippen molar-refractivity contribution in [3.05, 3.63) is 212 Å². The first kappa shape index (κ1) is 35.5. The molecule has 0 aliphatic rings. The van der Waals surface area contributed by atoms with Gasteiger partial charge in [-0.25, -0.2) is 15.0 Å². The molecule has 5 heteroatoms. The van der Waals surface area contributed by atoms with Gasteiger partial charge in [0.2, 0.25) is 0 Å². The Kier molecular flexibility index (Phi) is 8.42. The van der Waals surface area contributed by atoms with Gasteiger partial charge in [0.05, 0.1) is 11.1 Å². The van der Waals surface area contributed by atoms with Crippen molar-refractivity contribution < 1.29 is 8.83 Å². The molecule has 0 saturated carbocycles. The molecule has 9 aromatic carbocycles. The number of benzene rings is 9. The van der Waals surface area contributed by atoms with E-state index in [1.807, 2.05) is 66.7 Å². The topological polar surface area (TPSA) is 65.0 Å². The number of furan rings is 2. The van der Waals surface area contributed by atoms with Crippen molar-refractivity contribution in [2.45, 2.75) is 0 Å². The molecule has 0 fully saturated rings. The highest BCUT2D eigenvalue weighted by atomic mass is 16.3. The third-order valence-corrected chi connectivity index (χ3v) is 11.7. The number of fused-ring (bicyclic) bond motifs is 6. The molecule has 0 radical (unpaired) electrons. The second kappa shape index (κ2) is 14.7. The molecule has 0 unspecified atom stereocenters. The fourth-order valence-electron chi connectivity index (χ4n) is 8.74. The lowest BCUT2D eigenvalue weighted by molar-refractivity contribution is 0.670. The fourth-order valence-corrected chi connectivity index (χ4v) is 8.74. The van der Waals surface area contributed by atoms with Gasteiger partial charge in [-0.3, -0.25) is 0 Å². The van der Waals surface area contributed by atoms with Gasteiger partial charge in [-0.2, -0.15) is 0 Å². The molecule has 12 rings (SSSR count). The summed E-state index contributed by atoms with van der Waals surface area (Å²) in [6, 6.07) is 73.3. The Morgan fingerprint density at radius 3 is 0.968 bits per heavy atom. The first-order valence-electron chi connectivity index (χ1n) is 20.8. The van der Waals surface area contributed by atoms with Gasteiger partial charge < -0.3 is 8.83 Å². The second-order valence-corrected chi connectivity index (χ2v) is 15.5. The average molecular weight is 794 g/mol. The van der Waals surface area contributed by atoms with E-state index in [-0.39, 0.29) is 0 Å². The molecule has 0 aliphatic heterocycles. The van der Waals surface area contributed by atoms with E-state index >= 15 is 0 Å². The zero-order valence-corrected chi connectivity index (χ0v) is 33.4. The van der Waals surface area contributed by atoms with Gasteiger partial charge in [-0.05, 0) is 69.8 Å². The van der Waals surface area contributed by atoms with E-state index in [0.717, 1.165) is 93.9 Å². The van der Waals surface area contributed by atoms with Crippen molar-refractivity contribution in [1.82, 2.24) is 15.0 Å². The number of rotatable bonds is 7. The molecule has 0 saturated heterocycles. The highest BCUT2D eigenvalue weighted by Gasteiger charge is 2.23. The van der Waals surface area contributed by atoms with Crippen molar-refractivity contribution in [1.29, 1.82) is 0 Å². The summed E-state index contributed by atoms with van der Waals surface area (Å²) < 4.78 is 14.0. The maximum atomic E-state index is 7.00. The van der Waals surface area contributed by atoms with E-state index in [2.05, 4.69) is 146 Å². The highest BCUT2D eigenvalue weighted by molar-refractivity contribution is 6.15. The van der Waals surface area contributed by atoms with Crippen LogP contribution in [-0.4, -0.2) is 15.0 Å². The summed E-state index contributed by atoms with van der Waals surface area (Å²) in [5.41, 5.74) is 14.2. The zero-order valence-electron chi connectivity index (χ0n) is 33.4. The van der Waals surface area contributed by atoms with Crippen molar-refractivity contribution >= 4 is 43.9 Å². The van der Waals surface area contributed by atoms with Crippen LogP contribution in [0.1, 0.15) is 0 Å². The van der Waals surface area contributed by atoms with Gasteiger partial charge in [0.1, 0.15) is 22.3 Å². The lowest BCUT2D eigenvalue weighted by Crippen LogP contribution is -2.00. The molecule has 3 aromatic heterocycles. The predicted molar refractivity (Wildman–Crippen MR) is 252 cm³/mol. The SMILES string of the molecule is c1ccc(-c2cc(-c3ccccc3)c3oc4c(-c5nc(-c6ccccc6)nc(-c6cccc7c6oc6c(-c8ccccc8)cc(-c8ccccc8)cc67)n5)cccc4c3c2)cc1. The van der Waals surface area contributed by atoms with Gasteiger partial charge in [0.15, 0.2) is 17.5 Å². The minimum Gasteiger partial charge on any atom is -0.455 e. The molecule has 12 aromatic rings. The quantitative estimate of drug-likeness (QED) is 0.161. The smallest absolute Gasteiger partial charge is 0.167 e. The van der Waals surface area contributed by atoms with Crippen molar-refractivity contribution in [3.8, 4) is 78.7 Å². The van der Waals surface area contributed by atoms with Crippen LogP contribution >= 0.6 is 0 Å². The molecule has 0 amide bonds. The van der Waals surface area contributed by atoms with E-state index in [9.17, 15) is 0 Å². The molecule has 290 valence electrons. The van der Waals surface area contributed by atoms with Crippen LogP contribution in [0.15, 0.2) is 221 Å². The molecule has 0 bridgehead atoms. The van der Waals surface area contributed by atoms with E-state index in [4.69, 9.17) is 23.8 Å². The number of nitrogens with zero attached hydrogens (tertiary/aromatic N) is 3. The number of hydrogen-bond donors (Lipinski definition) is 0. The van der Waals surface area contributed by atoms with Crippen LogP contribution in [0.5, 0.6) is 0 Å². The fraction of sp³-hybridized carbons (Fsp3) is 0. The van der Waals surface area contributed by atoms with Crippen LogP contribution in [0.4, 0.5) is 0 Å². The van der Waals surface area contributed by atoms with Crippen LogP contribution < -0.4 is 0 Å². The summed E-state index contributed by atoms with van der Waals surface area (Å²) in [5.74, 6) is 1.57. The summed E-state index contributed by atoms with van der Waals surface area (Å²) in [4.78, 5) is 15.6. The Morgan fingerprint density at radius 2 is 0.565 bits per heavy atom. The molecular weight excluding hydrogens is 759 g/mol. The number of para-hydroxylation sites is 2. The van der Waals surface area contributed by atoms with E-state index in [1.165, 1.54) is 0 Å². The third kappa shape index (κ3) is 6.06. The average Bonchev–Trinajstić information content (AvgIpc) is 3.93. The summed E-state index contributed by atoms with van der Waals surface area (Å²) in [5, 5.41) is 4.02. The molecule has 0 aliphatic carbocycles. The molecule has 0 atom stereocenters. The Labute approximate surface area is 357 Å². The largest absolute Gasteiger partial charge is 0.455 e. The van der Waals surface area contributed by atoms with Crippen LogP contribution in [0.3, 0.4) is 0 Å². The summed E-state index contributed by atoms with van der Waals surface area (Å²) in [7, 11) is 0. The molecule has 0 N–H and O–H groups in total. The lowest BCUT2D eigenvalue weighted by atomic mass is 9.95. The molecule has 3 heterocycles. The van der Waals surface area contributed by atoms with Crippen molar-refractivity contribution in [2.24, 2.45) is 0 Å². The Bertz CT molecular complexity index is 3380. The number of hydrogen-bond acceptors (Lipinski definition) is 5. The van der Waals surface area contributed by atoms with Gasteiger partial charge in [0.25, 0.3) is 0 Å². The second-order valence-electron chi connectivity index (χ2n) is 15.5. The summed E-state index contributed by atoms with van der Waals surface area (Å²) >= 11 is 0. The maximum Gasteiger partial charge on any atom is 0.167 e. The van der Waals surface area contributed by atoms with Gasteiger partial charge in [0, 0.05) is 38.2 Å². The first-order valence-corrected chi connectivity index (χ1v) is 20.8. The van der Waals surface area contributed by atoms with Gasteiger partial charge in [-0.1, -0.05) is 176 Å². The molecule has 5 nitrogen and oxygen atoms in total. The van der Waals surface area contributed by atoms with E-state index in [0.29, 0.717) is 28.6 Å². The third-order valence-electron chi connectivity index (χ3n) is 11.7. The van der Waals surface area contributed by atoms with Crippen LogP contribution in [-0.2, 0) is 0 Å². The van der Waals surface area contributed by atoms with Crippen LogP contribution in [0, 0.1) is 0 Å².